The third-order valence-electron chi connectivity index (χ3n) is 3.87. The first kappa shape index (κ1) is 14.6. The van der Waals surface area contributed by atoms with Gasteiger partial charge in [-0.2, -0.15) is 0 Å². The molecule has 1 fully saturated rings. The summed E-state index contributed by atoms with van der Waals surface area (Å²) in [6.07, 6.45) is 3.13. The summed E-state index contributed by atoms with van der Waals surface area (Å²) >= 11 is 0. The lowest BCUT2D eigenvalue weighted by atomic mass is 9.99. The average molecular weight is 275 g/mol. The number of aryl methyl sites for hydroxylation is 1. The lowest BCUT2D eigenvalue weighted by molar-refractivity contribution is -0.132. The fourth-order valence-corrected chi connectivity index (χ4v) is 2.76. The Balaban J connectivity index is 1.95. The van der Waals surface area contributed by atoms with Crippen LogP contribution in [0.4, 0.5) is 0 Å². The van der Waals surface area contributed by atoms with Crippen LogP contribution in [0.5, 0.6) is 0 Å². The van der Waals surface area contributed by atoms with Crippen molar-refractivity contribution in [3.63, 3.8) is 0 Å². The molecule has 1 amide bonds. The summed E-state index contributed by atoms with van der Waals surface area (Å²) in [5.41, 5.74) is 1.03. The highest BCUT2D eigenvalue weighted by Crippen LogP contribution is 2.17. The molecule has 1 aromatic carbocycles. The standard InChI is InChI=1S/C16H21NO3/c1-12-5-4-10-17(11-12)15(18)9-8-13-6-2-3-7-14(13)16(19)20/h2-3,6-7,12H,4-5,8-11H2,1H3,(H,19,20). The van der Waals surface area contributed by atoms with Gasteiger partial charge in [0.15, 0.2) is 0 Å². The molecule has 0 saturated carbocycles. The predicted molar refractivity (Wildman–Crippen MR) is 76.7 cm³/mol. The number of likely N-dealkylation sites (tertiary alicyclic amines) is 1. The van der Waals surface area contributed by atoms with Crippen molar-refractivity contribution < 1.29 is 14.7 Å². The molecule has 0 bridgehead atoms. The predicted octanol–water partition coefficient (Wildman–Crippen LogP) is 2.58. The number of rotatable bonds is 4. The number of aromatic carboxylic acids is 1. The lowest BCUT2D eigenvalue weighted by Crippen LogP contribution is -2.39. The number of piperidine rings is 1. The summed E-state index contributed by atoms with van der Waals surface area (Å²) < 4.78 is 0. The Hall–Kier alpha value is -1.84. The van der Waals surface area contributed by atoms with E-state index in [4.69, 9.17) is 5.11 Å². The van der Waals surface area contributed by atoms with Crippen molar-refractivity contribution in [3.05, 3.63) is 35.4 Å². The molecule has 108 valence electrons. The highest BCUT2D eigenvalue weighted by Gasteiger charge is 2.21. The first-order valence-corrected chi connectivity index (χ1v) is 7.17. The van der Waals surface area contributed by atoms with E-state index in [1.54, 1.807) is 18.2 Å². The van der Waals surface area contributed by atoms with Crippen LogP contribution < -0.4 is 0 Å². The minimum Gasteiger partial charge on any atom is -0.478 e. The third kappa shape index (κ3) is 3.59. The number of carboxylic acids is 1. The summed E-state index contributed by atoms with van der Waals surface area (Å²) in [4.78, 5) is 25.2. The SMILES string of the molecule is CC1CCCN(C(=O)CCc2ccccc2C(=O)O)C1. The minimum atomic E-state index is -0.931. The van der Waals surface area contributed by atoms with E-state index in [0.717, 1.165) is 25.1 Å². The number of hydrogen-bond donors (Lipinski definition) is 1. The van der Waals surface area contributed by atoms with Crippen LogP contribution in [0, 0.1) is 5.92 Å². The number of carboxylic acid groups (broad SMARTS) is 1. The Morgan fingerprint density at radius 3 is 2.80 bits per heavy atom. The molecule has 1 N–H and O–H groups in total. The van der Waals surface area contributed by atoms with Crippen LogP contribution in [0.25, 0.3) is 0 Å². The van der Waals surface area contributed by atoms with E-state index in [1.807, 2.05) is 11.0 Å². The zero-order valence-corrected chi connectivity index (χ0v) is 11.8. The van der Waals surface area contributed by atoms with Crippen molar-refractivity contribution in [2.45, 2.75) is 32.6 Å². The molecule has 1 atom stereocenters. The third-order valence-corrected chi connectivity index (χ3v) is 3.87. The quantitative estimate of drug-likeness (QED) is 0.918. The summed E-state index contributed by atoms with van der Waals surface area (Å²) in [5, 5.41) is 9.12. The van der Waals surface area contributed by atoms with Gasteiger partial charge in [-0.15, -0.1) is 0 Å². The minimum absolute atomic E-state index is 0.136. The fourth-order valence-electron chi connectivity index (χ4n) is 2.76. The molecule has 1 aromatic rings. The molecule has 0 aliphatic carbocycles. The summed E-state index contributed by atoms with van der Waals surface area (Å²) in [6, 6.07) is 6.90. The van der Waals surface area contributed by atoms with Crippen LogP contribution in [-0.2, 0) is 11.2 Å². The van der Waals surface area contributed by atoms with Crippen molar-refractivity contribution in [1.29, 1.82) is 0 Å². The molecule has 1 heterocycles. The molecular weight excluding hydrogens is 254 g/mol. The van der Waals surface area contributed by atoms with Gasteiger partial charge in [-0.25, -0.2) is 4.79 Å². The van der Waals surface area contributed by atoms with Crippen LogP contribution in [-0.4, -0.2) is 35.0 Å². The normalized spacial score (nSPS) is 18.9. The van der Waals surface area contributed by atoms with E-state index in [0.29, 0.717) is 24.3 Å². The highest BCUT2D eigenvalue weighted by atomic mass is 16.4. The van der Waals surface area contributed by atoms with Gasteiger partial charge < -0.3 is 10.0 Å². The molecule has 0 radical (unpaired) electrons. The van der Waals surface area contributed by atoms with Crippen molar-refractivity contribution in [3.8, 4) is 0 Å². The van der Waals surface area contributed by atoms with Gasteiger partial charge in [0.2, 0.25) is 5.91 Å². The molecule has 0 aromatic heterocycles. The van der Waals surface area contributed by atoms with Gasteiger partial charge >= 0.3 is 5.97 Å². The highest BCUT2D eigenvalue weighted by molar-refractivity contribution is 5.89. The van der Waals surface area contributed by atoms with Gasteiger partial charge in [-0.1, -0.05) is 25.1 Å². The Labute approximate surface area is 119 Å². The lowest BCUT2D eigenvalue weighted by Gasteiger charge is -2.31. The molecule has 1 aliphatic heterocycles. The van der Waals surface area contributed by atoms with E-state index in [1.165, 1.54) is 6.42 Å². The van der Waals surface area contributed by atoms with Crippen molar-refractivity contribution in [1.82, 2.24) is 4.90 Å². The summed E-state index contributed by atoms with van der Waals surface area (Å²) in [7, 11) is 0. The van der Waals surface area contributed by atoms with Crippen LogP contribution in [0.3, 0.4) is 0 Å². The number of carbonyl (C=O) groups is 2. The number of amides is 1. The second-order valence-electron chi connectivity index (χ2n) is 5.55. The molecule has 20 heavy (non-hydrogen) atoms. The first-order valence-electron chi connectivity index (χ1n) is 7.17. The summed E-state index contributed by atoms with van der Waals surface area (Å²) in [6.45, 7) is 3.84. The van der Waals surface area contributed by atoms with E-state index in [9.17, 15) is 9.59 Å². The van der Waals surface area contributed by atoms with Crippen molar-refractivity contribution in [2.75, 3.05) is 13.1 Å². The number of hydrogen-bond acceptors (Lipinski definition) is 2. The second-order valence-corrected chi connectivity index (χ2v) is 5.55. The van der Waals surface area contributed by atoms with Crippen LogP contribution in [0.2, 0.25) is 0 Å². The molecule has 0 spiro atoms. The van der Waals surface area contributed by atoms with E-state index < -0.39 is 5.97 Å². The Morgan fingerprint density at radius 2 is 2.10 bits per heavy atom. The van der Waals surface area contributed by atoms with Crippen LogP contribution in [0.1, 0.15) is 42.1 Å². The van der Waals surface area contributed by atoms with Crippen LogP contribution in [0.15, 0.2) is 24.3 Å². The van der Waals surface area contributed by atoms with Gasteiger partial charge in [0, 0.05) is 19.5 Å². The van der Waals surface area contributed by atoms with Gasteiger partial charge in [0.1, 0.15) is 0 Å². The second kappa shape index (κ2) is 6.55. The zero-order valence-electron chi connectivity index (χ0n) is 11.8. The molecule has 1 aliphatic rings. The summed E-state index contributed by atoms with van der Waals surface area (Å²) in [5.74, 6) is -0.226. The Kier molecular flexibility index (Phi) is 4.77. The smallest absolute Gasteiger partial charge is 0.335 e. The molecule has 4 nitrogen and oxygen atoms in total. The van der Waals surface area contributed by atoms with Crippen LogP contribution >= 0.6 is 0 Å². The van der Waals surface area contributed by atoms with Gasteiger partial charge in [-0.3, -0.25) is 4.79 Å². The molecule has 1 saturated heterocycles. The van der Waals surface area contributed by atoms with Crippen molar-refractivity contribution >= 4 is 11.9 Å². The maximum absolute atomic E-state index is 12.2. The van der Waals surface area contributed by atoms with E-state index in [2.05, 4.69) is 6.92 Å². The zero-order chi connectivity index (χ0) is 14.5. The molecule has 4 heteroatoms. The van der Waals surface area contributed by atoms with Crippen molar-refractivity contribution in [2.24, 2.45) is 5.92 Å². The fraction of sp³-hybridized carbons (Fsp3) is 0.500. The van der Waals surface area contributed by atoms with E-state index >= 15 is 0 Å². The maximum Gasteiger partial charge on any atom is 0.335 e. The van der Waals surface area contributed by atoms with E-state index in [-0.39, 0.29) is 5.91 Å². The Morgan fingerprint density at radius 1 is 1.35 bits per heavy atom. The van der Waals surface area contributed by atoms with Gasteiger partial charge in [0.25, 0.3) is 0 Å². The molecule has 1 unspecified atom stereocenters. The average Bonchev–Trinajstić information content (AvgIpc) is 2.45. The largest absolute Gasteiger partial charge is 0.478 e. The molecular formula is C16H21NO3. The van der Waals surface area contributed by atoms with Gasteiger partial charge in [-0.05, 0) is 36.8 Å². The monoisotopic (exact) mass is 275 g/mol. The maximum atomic E-state index is 12.2. The molecule has 2 rings (SSSR count). The number of benzene rings is 1. The number of nitrogens with zero attached hydrogens (tertiary/aromatic N) is 1. The Bertz CT molecular complexity index is 498. The number of carbonyl (C=O) groups excluding carboxylic acids is 1. The first-order chi connectivity index (χ1) is 9.58. The topological polar surface area (TPSA) is 57.6 Å². The van der Waals surface area contributed by atoms with Gasteiger partial charge in [0.05, 0.1) is 5.56 Å².